The molecule has 0 aromatic carbocycles. The van der Waals surface area contributed by atoms with Crippen LogP contribution in [-0.2, 0) is 14.3 Å². The highest BCUT2D eigenvalue weighted by Gasteiger charge is 2.46. The summed E-state index contributed by atoms with van der Waals surface area (Å²) in [5.41, 5.74) is -0.584. The Bertz CT molecular complexity index is 385. The molecule has 0 radical (unpaired) electrons. The van der Waals surface area contributed by atoms with Crippen LogP contribution in [0.25, 0.3) is 0 Å². The number of carbonyl (C=O) groups is 2. The molecule has 1 aliphatic carbocycles. The lowest BCUT2D eigenvalue weighted by atomic mass is 9.79. The van der Waals surface area contributed by atoms with Crippen molar-refractivity contribution in [3.63, 3.8) is 0 Å². The summed E-state index contributed by atoms with van der Waals surface area (Å²) in [6.07, 6.45) is 6.90. The smallest absolute Gasteiger partial charge is 0.248 e. The van der Waals surface area contributed by atoms with Gasteiger partial charge < -0.3 is 15.0 Å². The van der Waals surface area contributed by atoms with E-state index in [4.69, 9.17) is 4.74 Å². The number of nitrogens with one attached hydrogen (secondary N) is 1. The van der Waals surface area contributed by atoms with E-state index in [9.17, 15) is 9.59 Å². The van der Waals surface area contributed by atoms with Gasteiger partial charge in [0.15, 0.2) is 0 Å². The number of nitrogens with zero attached hydrogens (tertiary/aromatic N) is 1. The van der Waals surface area contributed by atoms with Crippen molar-refractivity contribution < 1.29 is 14.3 Å². The molecule has 1 spiro atoms. The minimum absolute atomic E-state index is 0.00849. The van der Waals surface area contributed by atoms with E-state index >= 15 is 0 Å². The maximum atomic E-state index is 12.7. The van der Waals surface area contributed by atoms with Gasteiger partial charge in [-0.15, -0.1) is 0 Å². The molecule has 3 fully saturated rings. The third kappa shape index (κ3) is 2.68. The van der Waals surface area contributed by atoms with Gasteiger partial charge in [-0.3, -0.25) is 9.59 Å². The Morgan fingerprint density at radius 1 is 1.25 bits per heavy atom. The van der Waals surface area contributed by atoms with Crippen LogP contribution in [0.5, 0.6) is 0 Å². The molecule has 3 rings (SSSR count). The summed E-state index contributed by atoms with van der Waals surface area (Å²) in [5.74, 6) is 0.708. The maximum Gasteiger partial charge on any atom is 0.248 e. The lowest BCUT2D eigenvalue weighted by Gasteiger charge is -2.44. The number of amides is 2. The standard InChI is InChI=1S/C15H24N2O3/c18-13-10-17(8-4-12-5-9-20-11-12)14(19)15(16-13)6-2-1-3-7-15/h12H,1-11H2,(H,16,18). The molecule has 2 heterocycles. The van der Waals surface area contributed by atoms with Gasteiger partial charge in [0.2, 0.25) is 11.8 Å². The van der Waals surface area contributed by atoms with E-state index in [2.05, 4.69) is 5.32 Å². The topological polar surface area (TPSA) is 58.6 Å². The van der Waals surface area contributed by atoms with Crippen molar-refractivity contribution in [2.75, 3.05) is 26.3 Å². The zero-order valence-corrected chi connectivity index (χ0v) is 12.0. The molecule has 1 unspecified atom stereocenters. The van der Waals surface area contributed by atoms with Crippen molar-refractivity contribution in [3.05, 3.63) is 0 Å². The van der Waals surface area contributed by atoms with Crippen LogP contribution in [0.2, 0.25) is 0 Å². The Hall–Kier alpha value is -1.10. The molecule has 0 aromatic heterocycles. The van der Waals surface area contributed by atoms with Gasteiger partial charge in [0.25, 0.3) is 0 Å². The van der Waals surface area contributed by atoms with E-state index in [0.717, 1.165) is 51.7 Å². The van der Waals surface area contributed by atoms with Crippen LogP contribution < -0.4 is 5.32 Å². The third-order valence-electron chi connectivity index (χ3n) is 4.95. The average Bonchev–Trinajstić information content (AvgIpc) is 2.95. The first kappa shape index (κ1) is 13.9. The number of hydrogen-bond acceptors (Lipinski definition) is 3. The number of carbonyl (C=O) groups excluding carboxylic acids is 2. The fourth-order valence-corrected chi connectivity index (χ4v) is 3.73. The predicted octanol–water partition coefficient (Wildman–Crippen LogP) is 1.07. The van der Waals surface area contributed by atoms with Crippen LogP contribution in [0.3, 0.4) is 0 Å². The van der Waals surface area contributed by atoms with Crippen LogP contribution in [0, 0.1) is 5.92 Å². The first-order chi connectivity index (χ1) is 9.70. The van der Waals surface area contributed by atoms with Crippen LogP contribution in [0.4, 0.5) is 0 Å². The number of piperazine rings is 1. The summed E-state index contributed by atoms with van der Waals surface area (Å²) < 4.78 is 5.37. The van der Waals surface area contributed by atoms with E-state index in [1.807, 2.05) is 0 Å². The van der Waals surface area contributed by atoms with Crippen LogP contribution in [0.1, 0.15) is 44.9 Å². The first-order valence-electron chi connectivity index (χ1n) is 7.88. The molecule has 112 valence electrons. The number of rotatable bonds is 3. The Balaban J connectivity index is 1.63. The summed E-state index contributed by atoms with van der Waals surface area (Å²) >= 11 is 0. The molecule has 2 aliphatic heterocycles. The summed E-state index contributed by atoms with van der Waals surface area (Å²) in [7, 11) is 0. The molecule has 0 bridgehead atoms. The Morgan fingerprint density at radius 3 is 2.75 bits per heavy atom. The second kappa shape index (κ2) is 5.72. The molecule has 3 aliphatic rings. The van der Waals surface area contributed by atoms with Gasteiger partial charge in [0.1, 0.15) is 5.54 Å². The minimum Gasteiger partial charge on any atom is -0.381 e. The van der Waals surface area contributed by atoms with Crippen molar-refractivity contribution in [2.24, 2.45) is 5.92 Å². The first-order valence-corrected chi connectivity index (χ1v) is 7.88. The molecule has 2 saturated heterocycles. The van der Waals surface area contributed by atoms with Crippen molar-refractivity contribution in [1.82, 2.24) is 10.2 Å². The highest BCUT2D eigenvalue weighted by Crippen LogP contribution is 2.32. The van der Waals surface area contributed by atoms with Crippen molar-refractivity contribution in [2.45, 2.75) is 50.5 Å². The molecule has 5 nitrogen and oxygen atoms in total. The lowest BCUT2D eigenvalue weighted by molar-refractivity contribution is -0.151. The van der Waals surface area contributed by atoms with E-state index in [0.29, 0.717) is 12.5 Å². The van der Waals surface area contributed by atoms with Crippen molar-refractivity contribution >= 4 is 11.8 Å². The SMILES string of the molecule is O=C1CN(CCC2CCOC2)C(=O)C2(CCCCC2)N1. The quantitative estimate of drug-likeness (QED) is 0.841. The van der Waals surface area contributed by atoms with Crippen molar-refractivity contribution in [1.29, 1.82) is 0 Å². The van der Waals surface area contributed by atoms with Crippen LogP contribution >= 0.6 is 0 Å². The summed E-state index contributed by atoms with van der Waals surface area (Å²) in [6, 6.07) is 0. The van der Waals surface area contributed by atoms with Crippen molar-refractivity contribution in [3.8, 4) is 0 Å². The number of hydrogen-bond donors (Lipinski definition) is 1. The Kier molecular flexibility index (Phi) is 3.96. The zero-order chi connectivity index (χ0) is 14.0. The monoisotopic (exact) mass is 280 g/mol. The minimum atomic E-state index is -0.584. The van der Waals surface area contributed by atoms with Gasteiger partial charge in [-0.1, -0.05) is 19.3 Å². The van der Waals surface area contributed by atoms with Gasteiger partial charge in [-0.2, -0.15) is 0 Å². The Labute approximate surface area is 120 Å². The summed E-state index contributed by atoms with van der Waals surface area (Å²) in [6.45, 7) is 2.57. The molecule has 0 aromatic rings. The van der Waals surface area contributed by atoms with E-state index in [1.165, 1.54) is 6.42 Å². The van der Waals surface area contributed by atoms with E-state index in [-0.39, 0.29) is 18.4 Å². The fraction of sp³-hybridized carbons (Fsp3) is 0.867. The van der Waals surface area contributed by atoms with Crippen LogP contribution in [-0.4, -0.2) is 48.6 Å². The Morgan fingerprint density at radius 2 is 2.05 bits per heavy atom. The highest BCUT2D eigenvalue weighted by atomic mass is 16.5. The lowest BCUT2D eigenvalue weighted by Crippen LogP contribution is -2.67. The molecule has 5 heteroatoms. The average molecular weight is 280 g/mol. The molecule has 1 saturated carbocycles. The largest absolute Gasteiger partial charge is 0.381 e. The molecule has 1 N–H and O–H groups in total. The van der Waals surface area contributed by atoms with Gasteiger partial charge in [-0.05, 0) is 31.6 Å². The molecule has 20 heavy (non-hydrogen) atoms. The normalized spacial score (nSPS) is 29.8. The van der Waals surface area contributed by atoms with E-state index < -0.39 is 5.54 Å². The predicted molar refractivity (Wildman–Crippen MR) is 74.1 cm³/mol. The summed E-state index contributed by atoms with van der Waals surface area (Å²) in [5, 5.41) is 2.98. The van der Waals surface area contributed by atoms with Gasteiger partial charge in [0, 0.05) is 19.8 Å². The number of ether oxygens (including phenoxy) is 1. The second-order valence-corrected chi connectivity index (χ2v) is 6.44. The fourth-order valence-electron chi connectivity index (χ4n) is 3.73. The third-order valence-corrected chi connectivity index (χ3v) is 4.95. The zero-order valence-electron chi connectivity index (χ0n) is 12.0. The molecule has 2 amide bonds. The summed E-state index contributed by atoms with van der Waals surface area (Å²) in [4.78, 5) is 26.5. The molecule has 1 atom stereocenters. The second-order valence-electron chi connectivity index (χ2n) is 6.44. The molecular formula is C15H24N2O3. The van der Waals surface area contributed by atoms with Crippen LogP contribution in [0.15, 0.2) is 0 Å². The van der Waals surface area contributed by atoms with E-state index in [1.54, 1.807) is 4.90 Å². The van der Waals surface area contributed by atoms with Gasteiger partial charge >= 0.3 is 0 Å². The maximum absolute atomic E-state index is 12.7. The highest BCUT2D eigenvalue weighted by molar-refractivity contribution is 5.98. The van der Waals surface area contributed by atoms with Gasteiger partial charge in [-0.25, -0.2) is 0 Å². The molecular weight excluding hydrogens is 256 g/mol. The van der Waals surface area contributed by atoms with Gasteiger partial charge in [0.05, 0.1) is 6.54 Å².